The van der Waals surface area contributed by atoms with Crippen molar-refractivity contribution in [3.8, 4) is 5.82 Å². The van der Waals surface area contributed by atoms with Crippen LogP contribution in [0.5, 0.6) is 0 Å². The summed E-state index contributed by atoms with van der Waals surface area (Å²) in [5, 5.41) is 14.2. The number of pyridine rings is 2. The number of anilines is 2. The van der Waals surface area contributed by atoms with Gasteiger partial charge >= 0.3 is 0 Å². The summed E-state index contributed by atoms with van der Waals surface area (Å²) in [7, 11) is 0. The van der Waals surface area contributed by atoms with Gasteiger partial charge in [-0.1, -0.05) is 6.07 Å². The van der Waals surface area contributed by atoms with Gasteiger partial charge in [0.25, 0.3) is 0 Å². The summed E-state index contributed by atoms with van der Waals surface area (Å²) >= 11 is 0. The molecule has 0 aromatic carbocycles. The Morgan fingerprint density at radius 1 is 0.882 bits per heavy atom. The van der Waals surface area contributed by atoms with Crippen LogP contribution in [0.1, 0.15) is 29.8 Å². The van der Waals surface area contributed by atoms with Crippen LogP contribution in [-0.2, 0) is 6.54 Å². The minimum Gasteiger partial charge on any atom is -0.396 e. The normalized spacial score (nSPS) is 18.0. The van der Waals surface area contributed by atoms with Gasteiger partial charge in [0, 0.05) is 76.1 Å². The van der Waals surface area contributed by atoms with Gasteiger partial charge in [-0.05, 0) is 56.9 Å². The van der Waals surface area contributed by atoms with E-state index in [0.29, 0.717) is 12.5 Å². The number of rotatable bonds is 6. The molecule has 0 atom stereocenters. The van der Waals surface area contributed by atoms with Crippen LogP contribution in [0.4, 0.5) is 11.5 Å². The van der Waals surface area contributed by atoms with Crippen LogP contribution in [0, 0.1) is 19.8 Å². The molecule has 34 heavy (non-hydrogen) atoms. The molecule has 0 radical (unpaired) electrons. The molecule has 2 fully saturated rings. The van der Waals surface area contributed by atoms with Crippen LogP contribution in [0.3, 0.4) is 0 Å². The third-order valence-electron chi connectivity index (χ3n) is 7.34. The van der Waals surface area contributed by atoms with Gasteiger partial charge in [-0.3, -0.25) is 4.90 Å². The Labute approximate surface area is 201 Å². The Kier molecular flexibility index (Phi) is 6.78. The Hall–Kier alpha value is -2.97. The minimum atomic E-state index is 0.296. The lowest BCUT2D eigenvalue weighted by atomic mass is 9.98. The van der Waals surface area contributed by atoms with Crippen molar-refractivity contribution in [1.29, 1.82) is 0 Å². The highest BCUT2D eigenvalue weighted by Crippen LogP contribution is 2.31. The topological polar surface area (TPSA) is 73.6 Å². The van der Waals surface area contributed by atoms with E-state index >= 15 is 0 Å². The molecule has 0 unspecified atom stereocenters. The summed E-state index contributed by atoms with van der Waals surface area (Å²) in [6, 6.07) is 10.2. The van der Waals surface area contributed by atoms with Gasteiger partial charge in [0.2, 0.25) is 0 Å². The second-order valence-electron chi connectivity index (χ2n) is 9.47. The predicted molar refractivity (Wildman–Crippen MR) is 135 cm³/mol. The van der Waals surface area contributed by atoms with Gasteiger partial charge in [0.1, 0.15) is 0 Å². The molecule has 0 spiro atoms. The molecule has 0 aliphatic carbocycles. The first-order valence-corrected chi connectivity index (χ1v) is 12.4. The quantitative estimate of drug-likeness (QED) is 0.605. The van der Waals surface area contributed by atoms with E-state index in [2.05, 4.69) is 39.6 Å². The van der Waals surface area contributed by atoms with Gasteiger partial charge in [-0.15, -0.1) is 0 Å². The maximum Gasteiger partial charge on any atom is 0.153 e. The van der Waals surface area contributed by atoms with Crippen LogP contribution >= 0.6 is 0 Å². The Bertz CT molecular complexity index is 1080. The molecule has 8 nitrogen and oxygen atoms in total. The van der Waals surface area contributed by atoms with Crippen LogP contribution in [-0.4, -0.2) is 75.6 Å². The summed E-state index contributed by atoms with van der Waals surface area (Å²) in [5.41, 5.74) is 4.78. The second kappa shape index (κ2) is 10.1. The van der Waals surface area contributed by atoms with Gasteiger partial charge in [0.05, 0.1) is 11.4 Å². The standard InChI is InChI=1S/C26H35N7O/c1-20-23(21(2)33(29-20)25-7-3-4-10-27-25)18-30-14-16-31(17-15-30)24-6-5-11-28-26(24)32-12-8-22(19-34)9-13-32/h3-7,10-11,22,34H,8-9,12-19H2,1-2H3. The van der Waals surface area contributed by atoms with Crippen LogP contribution in [0.25, 0.3) is 5.82 Å². The molecule has 2 aliphatic heterocycles. The molecular formula is C26H35N7O. The smallest absolute Gasteiger partial charge is 0.153 e. The van der Waals surface area contributed by atoms with Gasteiger partial charge < -0.3 is 14.9 Å². The fourth-order valence-corrected chi connectivity index (χ4v) is 5.18. The molecule has 2 aliphatic rings. The lowest BCUT2D eigenvalue weighted by Gasteiger charge is -2.39. The van der Waals surface area contributed by atoms with Crippen LogP contribution in [0.15, 0.2) is 42.7 Å². The Balaban J connectivity index is 1.24. The zero-order valence-corrected chi connectivity index (χ0v) is 20.3. The zero-order chi connectivity index (χ0) is 23.5. The van der Waals surface area contributed by atoms with E-state index < -0.39 is 0 Å². The average molecular weight is 462 g/mol. The van der Waals surface area contributed by atoms with Crippen molar-refractivity contribution in [2.75, 3.05) is 55.7 Å². The van der Waals surface area contributed by atoms with E-state index in [9.17, 15) is 5.11 Å². The van der Waals surface area contributed by atoms with Crippen molar-refractivity contribution in [2.24, 2.45) is 5.92 Å². The van der Waals surface area contributed by atoms with Crippen molar-refractivity contribution in [3.63, 3.8) is 0 Å². The molecular weight excluding hydrogens is 426 g/mol. The highest BCUT2D eigenvalue weighted by molar-refractivity contribution is 5.67. The van der Waals surface area contributed by atoms with E-state index in [0.717, 1.165) is 76.0 Å². The summed E-state index contributed by atoms with van der Waals surface area (Å²) in [5.74, 6) is 2.39. The molecule has 3 aromatic heterocycles. The number of piperazine rings is 1. The molecule has 3 aromatic rings. The minimum absolute atomic E-state index is 0.296. The van der Waals surface area contributed by atoms with Crippen LogP contribution < -0.4 is 9.80 Å². The molecule has 0 bridgehead atoms. The number of hydrogen-bond donors (Lipinski definition) is 1. The lowest BCUT2D eigenvalue weighted by Crippen LogP contribution is -2.47. The summed E-state index contributed by atoms with van der Waals surface area (Å²) < 4.78 is 1.96. The maximum absolute atomic E-state index is 9.48. The first kappa shape index (κ1) is 22.8. The van der Waals surface area contributed by atoms with Crippen molar-refractivity contribution in [1.82, 2.24) is 24.6 Å². The third kappa shape index (κ3) is 4.65. The highest BCUT2D eigenvalue weighted by Gasteiger charge is 2.26. The number of nitrogens with zero attached hydrogens (tertiary/aromatic N) is 7. The van der Waals surface area contributed by atoms with E-state index in [1.807, 2.05) is 41.3 Å². The fraction of sp³-hybridized carbons (Fsp3) is 0.500. The number of aryl methyl sites for hydroxylation is 1. The molecule has 0 saturated carbocycles. The summed E-state index contributed by atoms with van der Waals surface area (Å²) in [4.78, 5) is 16.6. The molecule has 8 heteroatoms. The predicted octanol–water partition coefficient (Wildman–Crippen LogP) is 2.81. The van der Waals surface area contributed by atoms with Crippen LogP contribution in [0.2, 0.25) is 0 Å². The van der Waals surface area contributed by atoms with Crippen molar-refractivity contribution in [2.45, 2.75) is 33.2 Å². The summed E-state index contributed by atoms with van der Waals surface area (Å²) in [6.07, 6.45) is 5.78. The molecule has 2 saturated heterocycles. The largest absolute Gasteiger partial charge is 0.396 e. The molecule has 180 valence electrons. The summed E-state index contributed by atoms with van der Waals surface area (Å²) in [6.45, 7) is 11.4. The Morgan fingerprint density at radius 2 is 1.65 bits per heavy atom. The number of hydrogen-bond acceptors (Lipinski definition) is 7. The van der Waals surface area contributed by atoms with Crippen molar-refractivity contribution < 1.29 is 5.11 Å². The van der Waals surface area contributed by atoms with Gasteiger partial charge in [-0.25, -0.2) is 14.6 Å². The highest BCUT2D eigenvalue weighted by atomic mass is 16.3. The Morgan fingerprint density at radius 3 is 2.35 bits per heavy atom. The first-order valence-electron chi connectivity index (χ1n) is 12.4. The van der Waals surface area contributed by atoms with Gasteiger partial charge in [-0.2, -0.15) is 5.10 Å². The zero-order valence-electron chi connectivity index (χ0n) is 20.3. The van der Waals surface area contributed by atoms with Crippen molar-refractivity contribution >= 4 is 11.5 Å². The number of piperidine rings is 1. The first-order chi connectivity index (χ1) is 16.6. The van der Waals surface area contributed by atoms with E-state index in [1.165, 1.54) is 16.9 Å². The second-order valence-corrected chi connectivity index (χ2v) is 9.47. The molecule has 5 heterocycles. The van der Waals surface area contributed by atoms with E-state index in [4.69, 9.17) is 10.1 Å². The molecule has 1 N–H and O–H groups in total. The maximum atomic E-state index is 9.48. The number of aromatic nitrogens is 4. The lowest BCUT2D eigenvalue weighted by molar-refractivity contribution is 0.202. The number of aliphatic hydroxyl groups is 1. The average Bonchev–Trinajstić information content (AvgIpc) is 3.18. The number of aliphatic hydroxyl groups excluding tert-OH is 1. The van der Waals surface area contributed by atoms with E-state index in [-0.39, 0.29) is 0 Å². The molecule has 5 rings (SSSR count). The van der Waals surface area contributed by atoms with Crippen molar-refractivity contribution in [3.05, 3.63) is 59.7 Å². The monoisotopic (exact) mass is 461 g/mol. The third-order valence-corrected chi connectivity index (χ3v) is 7.34. The van der Waals surface area contributed by atoms with E-state index in [1.54, 1.807) is 0 Å². The SMILES string of the molecule is Cc1nn(-c2ccccn2)c(C)c1CN1CCN(c2cccnc2N2CCC(CO)CC2)CC1. The molecule has 0 amide bonds. The fourth-order valence-electron chi connectivity index (χ4n) is 5.18. The van der Waals surface area contributed by atoms with Gasteiger partial charge in [0.15, 0.2) is 11.6 Å².